The van der Waals surface area contributed by atoms with Crippen molar-refractivity contribution in [3.05, 3.63) is 30.3 Å². The van der Waals surface area contributed by atoms with Crippen molar-refractivity contribution in [3.63, 3.8) is 0 Å². The van der Waals surface area contributed by atoms with E-state index in [0.717, 1.165) is 11.3 Å². The molecule has 0 radical (unpaired) electrons. The quantitative estimate of drug-likeness (QED) is 0.524. The van der Waals surface area contributed by atoms with Crippen LogP contribution in [0.25, 0.3) is 6.08 Å². The highest BCUT2D eigenvalue weighted by atomic mass is 14.8. The summed E-state index contributed by atoms with van der Waals surface area (Å²) in [7, 11) is 0. The van der Waals surface area contributed by atoms with Crippen LogP contribution in [-0.4, -0.2) is 6.21 Å². The van der Waals surface area contributed by atoms with Crippen molar-refractivity contribution in [1.29, 1.82) is 0 Å². The first-order chi connectivity index (χ1) is 5.79. The molecule has 0 saturated heterocycles. The Morgan fingerprint density at radius 3 is 2.83 bits per heavy atom. The van der Waals surface area contributed by atoms with Crippen molar-refractivity contribution in [2.24, 2.45) is 4.99 Å². The molecule has 12 heavy (non-hydrogen) atoms. The summed E-state index contributed by atoms with van der Waals surface area (Å²) in [5.41, 5.74) is 8.17. The third kappa shape index (κ3) is 1.53. The summed E-state index contributed by atoms with van der Waals surface area (Å²) in [5.74, 6) is 0. The SMILES string of the molecule is C=Cc1cccc(N)c1N=CC. The first-order valence-corrected chi connectivity index (χ1v) is 3.79. The molecule has 0 heterocycles. The van der Waals surface area contributed by atoms with Crippen LogP contribution in [0, 0.1) is 0 Å². The normalized spacial score (nSPS) is 10.4. The van der Waals surface area contributed by atoms with Gasteiger partial charge in [-0.05, 0) is 13.0 Å². The predicted octanol–water partition coefficient (Wildman–Crippen LogP) is 2.63. The maximum Gasteiger partial charge on any atom is 0.0926 e. The fourth-order valence-electron chi connectivity index (χ4n) is 1.02. The van der Waals surface area contributed by atoms with Gasteiger partial charge in [0.25, 0.3) is 0 Å². The number of para-hydroxylation sites is 1. The number of anilines is 1. The highest BCUT2D eigenvalue weighted by molar-refractivity contribution is 5.78. The molecule has 1 aromatic rings. The highest BCUT2D eigenvalue weighted by Gasteiger charge is 1.99. The van der Waals surface area contributed by atoms with Crippen LogP contribution >= 0.6 is 0 Å². The van der Waals surface area contributed by atoms with E-state index >= 15 is 0 Å². The van der Waals surface area contributed by atoms with E-state index in [1.807, 2.05) is 25.1 Å². The van der Waals surface area contributed by atoms with Crippen LogP contribution in [0.3, 0.4) is 0 Å². The first kappa shape index (κ1) is 8.53. The summed E-state index contributed by atoms with van der Waals surface area (Å²) in [6, 6.07) is 5.65. The fourth-order valence-corrected chi connectivity index (χ4v) is 1.02. The lowest BCUT2D eigenvalue weighted by atomic mass is 10.1. The number of hydrogen-bond donors (Lipinski definition) is 1. The molecule has 0 aliphatic rings. The summed E-state index contributed by atoms with van der Waals surface area (Å²) in [5, 5.41) is 0. The minimum Gasteiger partial charge on any atom is -0.397 e. The van der Waals surface area contributed by atoms with E-state index in [-0.39, 0.29) is 0 Å². The van der Waals surface area contributed by atoms with Gasteiger partial charge < -0.3 is 5.73 Å². The molecule has 1 aromatic carbocycles. The van der Waals surface area contributed by atoms with Crippen LogP contribution in [0.5, 0.6) is 0 Å². The molecule has 2 nitrogen and oxygen atoms in total. The van der Waals surface area contributed by atoms with E-state index in [4.69, 9.17) is 5.73 Å². The van der Waals surface area contributed by atoms with E-state index in [2.05, 4.69) is 11.6 Å². The summed E-state index contributed by atoms with van der Waals surface area (Å²) in [4.78, 5) is 4.16. The Labute approximate surface area is 72.4 Å². The molecule has 0 spiro atoms. The van der Waals surface area contributed by atoms with Gasteiger partial charge in [0.2, 0.25) is 0 Å². The molecule has 0 saturated carbocycles. The number of nitrogen functional groups attached to an aromatic ring is 1. The Morgan fingerprint density at radius 2 is 2.25 bits per heavy atom. The Balaban J connectivity index is 3.28. The monoisotopic (exact) mass is 160 g/mol. The third-order valence-electron chi connectivity index (χ3n) is 1.58. The van der Waals surface area contributed by atoms with Gasteiger partial charge in [-0.2, -0.15) is 0 Å². The number of benzene rings is 1. The number of hydrogen-bond acceptors (Lipinski definition) is 2. The van der Waals surface area contributed by atoms with Gasteiger partial charge in [0, 0.05) is 11.8 Å². The predicted molar refractivity (Wildman–Crippen MR) is 54.8 cm³/mol. The number of nitrogens with two attached hydrogens (primary N) is 1. The zero-order valence-electron chi connectivity index (χ0n) is 7.12. The summed E-state index contributed by atoms with van der Waals surface area (Å²) in [6.45, 7) is 5.55. The van der Waals surface area contributed by atoms with Gasteiger partial charge in [-0.25, -0.2) is 0 Å². The lowest BCUT2D eigenvalue weighted by Gasteiger charge is -2.02. The largest absolute Gasteiger partial charge is 0.397 e. The van der Waals surface area contributed by atoms with Gasteiger partial charge in [-0.15, -0.1) is 0 Å². The van der Waals surface area contributed by atoms with Crippen LogP contribution < -0.4 is 5.73 Å². The van der Waals surface area contributed by atoms with Gasteiger partial charge >= 0.3 is 0 Å². The van der Waals surface area contributed by atoms with E-state index in [0.29, 0.717) is 5.69 Å². The minimum atomic E-state index is 0.686. The molecule has 0 atom stereocenters. The Hall–Kier alpha value is -1.57. The Bertz CT molecular complexity index is 314. The number of nitrogens with zero attached hydrogens (tertiary/aromatic N) is 1. The van der Waals surface area contributed by atoms with Crippen molar-refractivity contribution < 1.29 is 0 Å². The van der Waals surface area contributed by atoms with Crippen molar-refractivity contribution in [2.45, 2.75) is 6.92 Å². The van der Waals surface area contributed by atoms with Crippen LogP contribution in [0.1, 0.15) is 12.5 Å². The van der Waals surface area contributed by atoms with Crippen LogP contribution in [0.2, 0.25) is 0 Å². The average Bonchev–Trinajstić information content (AvgIpc) is 2.09. The first-order valence-electron chi connectivity index (χ1n) is 3.79. The standard InChI is InChI=1S/C10H12N2/c1-3-8-6-5-7-9(11)10(8)12-4-2/h3-7H,1,11H2,2H3. The smallest absolute Gasteiger partial charge is 0.0926 e. The average molecular weight is 160 g/mol. The van der Waals surface area contributed by atoms with E-state index < -0.39 is 0 Å². The van der Waals surface area contributed by atoms with Gasteiger partial charge in [0.05, 0.1) is 11.4 Å². The molecule has 0 unspecified atom stereocenters. The van der Waals surface area contributed by atoms with Gasteiger partial charge in [0.15, 0.2) is 0 Å². The summed E-state index contributed by atoms with van der Waals surface area (Å²) in [6.07, 6.45) is 3.47. The molecule has 62 valence electrons. The molecule has 2 heteroatoms. The third-order valence-corrected chi connectivity index (χ3v) is 1.58. The molecule has 0 aliphatic carbocycles. The molecule has 0 aliphatic heterocycles. The zero-order chi connectivity index (χ0) is 8.97. The van der Waals surface area contributed by atoms with Crippen molar-refractivity contribution in [2.75, 3.05) is 5.73 Å². The van der Waals surface area contributed by atoms with Crippen LogP contribution in [0.4, 0.5) is 11.4 Å². The second kappa shape index (κ2) is 3.72. The van der Waals surface area contributed by atoms with Gasteiger partial charge in [0.1, 0.15) is 0 Å². The maximum atomic E-state index is 5.72. The highest BCUT2D eigenvalue weighted by Crippen LogP contribution is 2.26. The molecule has 0 aromatic heterocycles. The summed E-state index contributed by atoms with van der Waals surface area (Å²) < 4.78 is 0. The lowest BCUT2D eigenvalue weighted by Crippen LogP contribution is -1.86. The number of rotatable bonds is 2. The van der Waals surface area contributed by atoms with Gasteiger partial charge in [-0.3, -0.25) is 4.99 Å². The van der Waals surface area contributed by atoms with E-state index in [9.17, 15) is 0 Å². The molecule has 0 fully saturated rings. The van der Waals surface area contributed by atoms with E-state index in [1.54, 1.807) is 12.3 Å². The van der Waals surface area contributed by atoms with Crippen molar-refractivity contribution in [3.8, 4) is 0 Å². The fraction of sp³-hybridized carbons (Fsp3) is 0.100. The Kier molecular flexibility index (Phi) is 2.64. The van der Waals surface area contributed by atoms with Crippen molar-refractivity contribution in [1.82, 2.24) is 0 Å². The molecule has 0 amide bonds. The second-order valence-corrected chi connectivity index (χ2v) is 2.38. The molecular weight excluding hydrogens is 148 g/mol. The summed E-state index contributed by atoms with van der Waals surface area (Å²) >= 11 is 0. The Morgan fingerprint density at radius 1 is 1.50 bits per heavy atom. The lowest BCUT2D eigenvalue weighted by molar-refractivity contribution is 1.50. The van der Waals surface area contributed by atoms with E-state index in [1.165, 1.54) is 0 Å². The molecule has 2 N–H and O–H groups in total. The number of aliphatic imine (C=N–C) groups is 1. The van der Waals surface area contributed by atoms with Crippen LogP contribution in [-0.2, 0) is 0 Å². The maximum absolute atomic E-state index is 5.72. The molecule has 1 rings (SSSR count). The van der Waals surface area contributed by atoms with Crippen LogP contribution in [0.15, 0.2) is 29.8 Å². The molecule has 0 bridgehead atoms. The second-order valence-electron chi connectivity index (χ2n) is 2.38. The van der Waals surface area contributed by atoms with Crippen molar-refractivity contribution >= 4 is 23.7 Å². The molecular formula is C10H12N2. The van der Waals surface area contributed by atoms with Gasteiger partial charge in [-0.1, -0.05) is 24.8 Å². The zero-order valence-corrected chi connectivity index (χ0v) is 7.12. The topological polar surface area (TPSA) is 38.4 Å². The minimum absolute atomic E-state index is 0.686.